The first-order valence-electron chi connectivity index (χ1n) is 5.94. The molecule has 0 saturated carbocycles. The van der Waals surface area contributed by atoms with Crippen molar-refractivity contribution in [1.29, 1.82) is 0 Å². The van der Waals surface area contributed by atoms with E-state index in [0.29, 0.717) is 6.42 Å². The molecule has 1 aromatic heterocycles. The van der Waals surface area contributed by atoms with Crippen LogP contribution >= 0.6 is 0 Å². The molecule has 0 aliphatic carbocycles. The third kappa shape index (κ3) is 2.60. The topological polar surface area (TPSA) is 114 Å². The van der Waals surface area contributed by atoms with Crippen molar-refractivity contribution in [3.8, 4) is 0 Å². The van der Waals surface area contributed by atoms with Gasteiger partial charge in [-0.15, -0.1) is 0 Å². The molecule has 1 aliphatic rings. The number of ether oxygens (including phenoxy) is 2. The molecule has 2 rings (SSSR count). The van der Waals surface area contributed by atoms with Gasteiger partial charge in [0.1, 0.15) is 17.9 Å². The second kappa shape index (κ2) is 5.27. The van der Waals surface area contributed by atoms with Crippen molar-refractivity contribution in [3.05, 3.63) is 21.5 Å². The van der Waals surface area contributed by atoms with Gasteiger partial charge in [0, 0.05) is 6.42 Å². The smallest absolute Gasteiger partial charge is 0.347 e. The van der Waals surface area contributed by atoms with E-state index in [1.54, 1.807) is 0 Å². The van der Waals surface area contributed by atoms with Crippen LogP contribution in [0.3, 0.4) is 0 Å². The molecule has 0 bridgehead atoms. The molecule has 1 fully saturated rings. The zero-order chi connectivity index (χ0) is 14.9. The Hall–Kier alpha value is -2.45. The summed E-state index contributed by atoms with van der Waals surface area (Å²) in [6, 6.07) is 0. The van der Waals surface area contributed by atoms with Crippen LogP contribution in [0.4, 0.5) is 5.69 Å². The number of esters is 2. The number of aryl methyl sites for hydroxylation is 1. The van der Waals surface area contributed by atoms with E-state index in [1.807, 2.05) is 0 Å². The summed E-state index contributed by atoms with van der Waals surface area (Å²) in [7, 11) is 0. The summed E-state index contributed by atoms with van der Waals surface area (Å²) in [5, 5.41) is 14.8. The first-order valence-corrected chi connectivity index (χ1v) is 5.94. The summed E-state index contributed by atoms with van der Waals surface area (Å²) in [4.78, 5) is 33.2. The maximum Gasteiger partial charge on any atom is 0.347 e. The van der Waals surface area contributed by atoms with Crippen LogP contribution in [0.1, 0.15) is 17.8 Å². The van der Waals surface area contributed by atoms with Crippen LogP contribution in [-0.2, 0) is 25.6 Å². The molecule has 1 atom stereocenters. The molecule has 1 aliphatic heterocycles. The lowest BCUT2D eigenvalue weighted by atomic mass is 10.3. The predicted molar refractivity (Wildman–Crippen MR) is 63.8 cm³/mol. The van der Waals surface area contributed by atoms with Crippen molar-refractivity contribution in [1.82, 2.24) is 9.78 Å². The number of hydrogen-bond donors (Lipinski definition) is 0. The van der Waals surface area contributed by atoms with Gasteiger partial charge in [0.25, 0.3) is 0 Å². The summed E-state index contributed by atoms with van der Waals surface area (Å²) in [6.07, 6.45) is -0.573. The van der Waals surface area contributed by atoms with Gasteiger partial charge < -0.3 is 9.47 Å². The zero-order valence-corrected chi connectivity index (χ0v) is 11.0. The first kappa shape index (κ1) is 14.0. The van der Waals surface area contributed by atoms with Crippen LogP contribution in [-0.4, -0.2) is 39.4 Å². The largest absolute Gasteiger partial charge is 0.463 e. The Kier molecular flexibility index (Phi) is 3.68. The monoisotopic (exact) mass is 283 g/mol. The van der Waals surface area contributed by atoms with Gasteiger partial charge in [-0.3, -0.25) is 19.6 Å². The number of carbonyl (C=O) groups is 2. The summed E-state index contributed by atoms with van der Waals surface area (Å²) in [6.45, 7) is 2.92. The quantitative estimate of drug-likeness (QED) is 0.442. The average molecular weight is 283 g/mol. The molecule has 1 saturated heterocycles. The van der Waals surface area contributed by atoms with E-state index < -0.39 is 23.0 Å². The van der Waals surface area contributed by atoms with Crippen molar-refractivity contribution in [2.75, 3.05) is 6.61 Å². The molecule has 0 aromatic carbocycles. The van der Waals surface area contributed by atoms with E-state index >= 15 is 0 Å². The molecular formula is C11H13N3O6. The van der Waals surface area contributed by atoms with E-state index in [2.05, 4.69) is 9.84 Å². The average Bonchev–Trinajstić information content (AvgIpc) is 2.84. The van der Waals surface area contributed by atoms with Gasteiger partial charge in [0.15, 0.2) is 0 Å². The number of aromatic nitrogens is 2. The summed E-state index contributed by atoms with van der Waals surface area (Å²) in [5.74, 6) is -1.26. The highest BCUT2D eigenvalue weighted by Gasteiger charge is 2.31. The van der Waals surface area contributed by atoms with E-state index in [1.165, 1.54) is 18.5 Å². The minimum atomic E-state index is -0.894. The second-order valence-electron chi connectivity index (χ2n) is 4.37. The molecule has 20 heavy (non-hydrogen) atoms. The molecule has 0 unspecified atom stereocenters. The molecule has 2 heterocycles. The Labute approximate surface area is 113 Å². The molecular weight excluding hydrogens is 270 g/mol. The van der Waals surface area contributed by atoms with Crippen molar-refractivity contribution < 1.29 is 24.0 Å². The number of rotatable bonds is 4. The van der Waals surface area contributed by atoms with Gasteiger partial charge in [-0.25, -0.2) is 4.79 Å². The summed E-state index contributed by atoms with van der Waals surface area (Å²) in [5.41, 5.74) is 0.358. The maximum absolute atomic E-state index is 11.7. The maximum atomic E-state index is 11.7. The van der Waals surface area contributed by atoms with Gasteiger partial charge in [0.2, 0.25) is 6.10 Å². The third-order valence-corrected chi connectivity index (χ3v) is 2.97. The molecule has 1 aromatic rings. The molecule has 0 spiro atoms. The van der Waals surface area contributed by atoms with Gasteiger partial charge in [0.05, 0.1) is 11.5 Å². The normalized spacial score (nSPS) is 17.9. The predicted octanol–water partition coefficient (Wildman–Crippen LogP) is 0.267. The summed E-state index contributed by atoms with van der Waals surface area (Å²) < 4.78 is 10.8. The Morgan fingerprint density at radius 1 is 1.60 bits per heavy atom. The zero-order valence-electron chi connectivity index (χ0n) is 11.0. The number of nitrogens with zero attached hydrogens (tertiary/aromatic N) is 3. The Morgan fingerprint density at radius 3 is 2.80 bits per heavy atom. The second-order valence-corrected chi connectivity index (χ2v) is 4.37. The van der Waals surface area contributed by atoms with Crippen LogP contribution in [0, 0.1) is 24.0 Å². The van der Waals surface area contributed by atoms with Gasteiger partial charge in [-0.05, 0) is 13.8 Å². The van der Waals surface area contributed by atoms with Crippen LogP contribution < -0.4 is 0 Å². The lowest BCUT2D eigenvalue weighted by Crippen LogP contribution is -2.25. The number of nitro groups is 1. The molecule has 108 valence electrons. The van der Waals surface area contributed by atoms with Crippen molar-refractivity contribution >= 4 is 17.6 Å². The van der Waals surface area contributed by atoms with E-state index in [-0.39, 0.29) is 30.2 Å². The fourth-order valence-electron chi connectivity index (χ4n) is 2.01. The fraction of sp³-hybridized carbons (Fsp3) is 0.545. The van der Waals surface area contributed by atoms with Crippen LogP contribution in [0.25, 0.3) is 0 Å². The number of hydrogen-bond acceptors (Lipinski definition) is 7. The summed E-state index contributed by atoms with van der Waals surface area (Å²) >= 11 is 0. The van der Waals surface area contributed by atoms with Crippen molar-refractivity contribution in [3.63, 3.8) is 0 Å². The van der Waals surface area contributed by atoms with Crippen molar-refractivity contribution in [2.45, 2.75) is 32.9 Å². The van der Waals surface area contributed by atoms with E-state index in [4.69, 9.17) is 4.74 Å². The van der Waals surface area contributed by atoms with Crippen LogP contribution in [0.5, 0.6) is 0 Å². The standard InChI is InChI=1S/C11H13N3O6/c1-6-10(14(17)18)7(2)13(12-6)5-9(15)20-8-3-4-19-11(8)16/h8H,3-5H2,1-2H3/t8-/m0/s1. The lowest BCUT2D eigenvalue weighted by Gasteiger charge is -2.08. The highest BCUT2D eigenvalue weighted by atomic mass is 16.6. The molecule has 0 amide bonds. The highest BCUT2D eigenvalue weighted by Crippen LogP contribution is 2.21. The third-order valence-electron chi connectivity index (χ3n) is 2.97. The minimum absolute atomic E-state index is 0.127. The molecule has 9 nitrogen and oxygen atoms in total. The molecule has 9 heteroatoms. The number of cyclic esters (lactones) is 1. The minimum Gasteiger partial charge on any atom is -0.463 e. The van der Waals surface area contributed by atoms with Crippen LogP contribution in [0.2, 0.25) is 0 Å². The van der Waals surface area contributed by atoms with E-state index in [0.717, 1.165) is 0 Å². The Morgan fingerprint density at radius 2 is 2.30 bits per heavy atom. The Balaban J connectivity index is 2.06. The van der Waals surface area contributed by atoms with Crippen molar-refractivity contribution in [2.24, 2.45) is 0 Å². The van der Waals surface area contributed by atoms with Gasteiger partial charge >= 0.3 is 17.6 Å². The SMILES string of the molecule is Cc1nn(CC(=O)O[C@H]2CCOC2=O)c(C)c1[N+](=O)[O-]. The number of carbonyl (C=O) groups excluding carboxylic acids is 2. The van der Waals surface area contributed by atoms with Gasteiger partial charge in [-0.2, -0.15) is 5.10 Å². The molecule has 0 radical (unpaired) electrons. The Bertz CT molecular complexity index is 579. The molecule has 0 N–H and O–H groups in total. The van der Waals surface area contributed by atoms with Gasteiger partial charge in [-0.1, -0.05) is 0 Å². The van der Waals surface area contributed by atoms with E-state index in [9.17, 15) is 19.7 Å². The highest BCUT2D eigenvalue weighted by molar-refractivity contribution is 5.80. The lowest BCUT2D eigenvalue weighted by molar-refractivity contribution is -0.386. The first-order chi connectivity index (χ1) is 9.40. The van der Waals surface area contributed by atoms with Crippen LogP contribution in [0.15, 0.2) is 0 Å². The fourth-order valence-corrected chi connectivity index (χ4v) is 2.01.